The molecular formula is C23H35N3O3. The van der Waals surface area contributed by atoms with Crippen LogP contribution >= 0.6 is 0 Å². The highest BCUT2D eigenvalue weighted by molar-refractivity contribution is 5.79. The van der Waals surface area contributed by atoms with Gasteiger partial charge in [0.2, 0.25) is 6.79 Å². The van der Waals surface area contributed by atoms with Gasteiger partial charge in [-0.3, -0.25) is 4.99 Å². The van der Waals surface area contributed by atoms with Gasteiger partial charge in [0, 0.05) is 38.8 Å². The highest BCUT2D eigenvalue weighted by Crippen LogP contribution is 2.50. The Hall–Kier alpha value is -1.95. The number of aliphatic imine (C=N–C) groups is 1. The second-order valence-electron chi connectivity index (χ2n) is 8.78. The summed E-state index contributed by atoms with van der Waals surface area (Å²) >= 11 is 0. The normalized spacial score (nSPS) is 21.2. The molecule has 1 aliphatic heterocycles. The third kappa shape index (κ3) is 4.63. The Morgan fingerprint density at radius 1 is 1.07 bits per heavy atom. The van der Waals surface area contributed by atoms with Gasteiger partial charge in [0.25, 0.3) is 0 Å². The summed E-state index contributed by atoms with van der Waals surface area (Å²) in [5, 5.41) is 7.19. The summed E-state index contributed by atoms with van der Waals surface area (Å²) in [5.41, 5.74) is 1.86. The molecule has 1 heterocycles. The monoisotopic (exact) mass is 401 g/mol. The molecule has 0 aromatic heterocycles. The van der Waals surface area contributed by atoms with Crippen LogP contribution in [0.5, 0.6) is 11.5 Å². The van der Waals surface area contributed by atoms with Crippen LogP contribution in [-0.4, -0.2) is 46.1 Å². The van der Waals surface area contributed by atoms with Crippen LogP contribution < -0.4 is 20.1 Å². The Bertz CT molecular complexity index is 724. The maximum atomic E-state index is 5.64. The summed E-state index contributed by atoms with van der Waals surface area (Å²) < 4.78 is 16.7. The molecule has 0 atom stereocenters. The summed E-state index contributed by atoms with van der Waals surface area (Å²) in [6.45, 7) is 5.91. The molecule has 2 saturated carbocycles. The number of rotatable bonds is 9. The number of hydrogen-bond acceptors (Lipinski definition) is 4. The number of nitrogens with one attached hydrogen (secondary N) is 2. The molecule has 0 saturated heterocycles. The molecule has 160 valence electrons. The lowest BCUT2D eigenvalue weighted by Gasteiger charge is -2.30. The van der Waals surface area contributed by atoms with Crippen LogP contribution in [0.1, 0.15) is 57.4 Å². The minimum absolute atomic E-state index is 0.179. The van der Waals surface area contributed by atoms with Gasteiger partial charge in [-0.05, 0) is 62.1 Å². The smallest absolute Gasteiger partial charge is 0.231 e. The van der Waals surface area contributed by atoms with Crippen molar-refractivity contribution >= 4 is 5.96 Å². The van der Waals surface area contributed by atoms with Crippen LogP contribution in [-0.2, 0) is 10.2 Å². The fourth-order valence-corrected chi connectivity index (χ4v) is 4.76. The highest BCUT2D eigenvalue weighted by Gasteiger charge is 2.45. The van der Waals surface area contributed by atoms with Crippen LogP contribution in [0.2, 0.25) is 0 Å². The predicted octanol–water partition coefficient (Wildman–Crippen LogP) is 3.60. The fourth-order valence-electron chi connectivity index (χ4n) is 4.76. The second-order valence-corrected chi connectivity index (χ2v) is 8.78. The standard InChI is InChI=1S/C23H35N3O3/c1-3-27-13-12-22(8-4-5-9-22)15-25-21(24-2)26-16-23(10-11-23)18-6-7-19-20(14-18)29-17-28-19/h6-7,14H,3-5,8-13,15-17H2,1-2H3,(H2,24,25,26). The van der Waals surface area contributed by atoms with Crippen LogP contribution in [0.15, 0.2) is 23.2 Å². The van der Waals surface area contributed by atoms with Gasteiger partial charge in [0.05, 0.1) is 0 Å². The number of ether oxygens (including phenoxy) is 3. The van der Waals surface area contributed by atoms with E-state index in [2.05, 4.69) is 34.7 Å². The molecule has 29 heavy (non-hydrogen) atoms. The third-order valence-corrected chi connectivity index (χ3v) is 6.93. The van der Waals surface area contributed by atoms with E-state index in [4.69, 9.17) is 14.2 Å². The van der Waals surface area contributed by atoms with Crippen LogP contribution in [0, 0.1) is 5.41 Å². The van der Waals surface area contributed by atoms with Gasteiger partial charge in [0.1, 0.15) is 0 Å². The second kappa shape index (κ2) is 8.82. The minimum Gasteiger partial charge on any atom is -0.454 e. The van der Waals surface area contributed by atoms with Crippen LogP contribution in [0.25, 0.3) is 0 Å². The van der Waals surface area contributed by atoms with Gasteiger partial charge in [-0.2, -0.15) is 0 Å². The van der Waals surface area contributed by atoms with Crippen molar-refractivity contribution in [1.29, 1.82) is 0 Å². The van der Waals surface area contributed by atoms with Crippen molar-refractivity contribution in [2.75, 3.05) is 40.1 Å². The summed E-state index contributed by atoms with van der Waals surface area (Å²) in [7, 11) is 1.86. The van der Waals surface area contributed by atoms with Gasteiger partial charge >= 0.3 is 0 Å². The fraction of sp³-hybridized carbons (Fsp3) is 0.696. The van der Waals surface area contributed by atoms with E-state index < -0.39 is 0 Å². The van der Waals surface area contributed by atoms with Crippen molar-refractivity contribution in [3.8, 4) is 11.5 Å². The quantitative estimate of drug-likeness (QED) is 0.376. The first kappa shape index (κ1) is 20.3. The average Bonchev–Trinajstić information content (AvgIpc) is 3.15. The summed E-state index contributed by atoms with van der Waals surface area (Å²) in [6.07, 6.45) is 8.73. The largest absolute Gasteiger partial charge is 0.454 e. The number of hydrogen-bond donors (Lipinski definition) is 2. The highest BCUT2D eigenvalue weighted by atomic mass is 16.7. The molecule has 0 amide bonds. The van der Waals surface area contributed by atoms with Crippen molar-refractivity contribution < 1.29 is 14.2 Å². The Morgan fingerprint density at radius 2 is 1.83 bits per heavy atom. The zero-order chi connectivity index (χ0) is 20.2. The van der Waals surface area contributed by atoms with E-state index in [0.717, 1.165) is 50.2 Å². The number of fused-ring (bicyclic) bond motifs is 1. The third-order valence-electron chi connectivity index (χ3n) is 6.93. The molecule has 2 fully saturated rings. The SMILES string of the molecule is CCOCCC1(CNC(=NC)NCC2(c3ccc4c(c3)OCO4)CC2)CCCC1. The summed E-state index contributed by atoms with van der Waals surface area (Å²) in [6, 6.07) is 6.36. The van der Waals surface area contributed by atoms with Crippen LogP contribution in [0.3, 0.4) is 0 Å². The van der Waals surface area contributed by atoms with Crippen molar-refractivity contribution in [1.82, 2.24) is 10.6 Å². The molecule has 6 heteroatoms. The molecule has 2 aliphatic carbocycles. The zero-order valence-electron chi connectivity index (χ0n) is 17.9. The number of benzene rings is 1. The molecule has 1 aromatic rings. The minimum atomic E-state index is 0.179. The van der Waals surface area contributed by atoms with E-state index in [1.54, 1.807) is 0 Å². The number of guanidine groups is 1. The molecular weight excluding hydrogens is 366 g/mol. The summed E-state index contributed by atoms with van der Waals surface area (Å²) in [5.74, 6) is 2.62. The molecule has 3 aliphatic rings. The van der Waals surface area contributed by atoms with E-state index in [9.17, 15) is 0 Å². The first-order valence-electron chi connectivity index (χ1n) is 11.1. The van der Waals surface area contributed by atoms with Gasteiger partial charge in [0.15, 0.2) is 17.5 Å². The molecule has 0 spiro atoms. The lowest BCUT2D eigenvalue weighted by molar-refractivity contribution is 0.105. The molecule has 0 unspecified atom stereocenters. The van der Waals surface area contributed by atoms with Gasteiger partial charge in [-0.15, -0.1) is 0 Å². The Morgan fingerprint density at radius 3 is 2.55 bits per heavy atom. The summed E-state index contributed by atoms with van der Waals surface area (Å²) in [4.78, 5) is 4.48. The Kier molecular flexibility index (Phi) is 6.18. The van der Waals surface area contributed by atoms with E-state index in [1.165, 1.54) is 44.1 Å². The van der Waals surface area contributed by atoms with E-state index in [-0.39, 0.29) is 5.41 Å². The maximum absolute atomic E-state index is 5.64. The molecule has 4 rings (SSSR count). The first-order valence-corrected chi connectivity index (χ1v) is 11.1. The topological polar surface area (TPSA) is 64.1 Å². The van der Waals surface area contributed by atoms with Crippen molar-refractivity contribution in [3.63, 3.8) is 0 Å². The van der Waals surface area contributed by atoms with E-state index in [1.807, 2.05) is 13.1 Å². The molecule has 2 N–H and O–H groups in total. The van der Waals surface area contributed by atoms with Crippen molar-refractivity contribution in [2.45, 2.75) is 57.3 Å². The maximum Gasteiger partial charge on any atom is 0.231 e. The molecule has 0 radical (unpaired) electrons. The first-order chi connectivity index (χ1) is 14.2. The van der Waals surface area contributed by atoms with Crippen LogP contribution in [0.4, 0.5) is 0 Å². The van der Waals surface area contributed by atoms with Gasteiger partial charge in [-0.1, -0.05) is 18.9 Å². The van der Waals surface area contributed by atoms with Crippen molar-refractivity contribution in [2.24, 2.45) is 10.4 Å². The number of nitrogens with zero attached hydrogens (tertiary/aromatic N) is 1. The molecule has 0 bridgehead atoms. The van der Waals surface area contributed by atoms with Gasteiger partial charge < -0.3 is 24.8 Å². The van der Waals surface area contributed by atoms with Crippen molar-refractivity contribution in [3.05, 3.63) is 23.8 Å². The van der Waals surface area contributed by atoms with Gasteiger partial charge in [-0.25, -0.2) is 0 Å². The molecule has 6 nitrogen and oxygen atoms in total. The lowest BCUT2D eigenvalue weighted by atomic mass is 9.83. The van der Waals surface area contributed by atoms with E-state index >= 15 is 0 Å². The average molecular weight is 402 g/mol. The zero-order valence-corrected chi connectivity index (χ0v) is 17.9. The predicted molar refractivity (Wildman–Crippen MR) is 115 cm³/mol. The van der Waals surface area contributed by atoms with E-state index in [0.29, 0.717) is 12.2 Å². The Balaban J connectivity index is 1.31. The Labute approximate surface area is 174 Å². The lowest BCUT2D eigenvalue weighted by Crippen LogP contribution is -2.45. The molecule has 1 aromatic carbocycles.